The van der Waals surface area contributed by atoms with E-state index in [1.807, 2.05) is 0 Å². The molecule has 0 unspecified atom stereocenters. The van der Waals surface area contributed by atoms with E-state index in [0.717, 1.165) is 0 Å². The van der Waals surface area contributed by atoms with Crippen LogP contribution in [0.25, 0.3) is 0 Å². The number of hydrogen-bond acceptors (Lipinski definition) is 5. The molecule has 0 saturated carbocycles. The Morgan fingerprint density at radius 1 is 1.04 bits per heavy atom. The minimum Gasteiger partial charge on any atom is -0.748 e. The average molecular weight is 617 g/mol. The molecule has 0 saturated heterocycles. The van der Waals surface area contributed by atoms with Crippen LogP contribution in [0.15, 0.2) is 18.2 Å². The second-order valence-electron chi connectivity index (χ2n) is 4.51. The quantitative estimate of drug-likeness (QED) is 0.224. The maximum atomic E-state index is 13.1. The maximum Gasteiger partial charge on any atom is 0.438 e. The third kappa shape index (κ3) is 5.09. The van der Waals surface area contributed by atoms with Gasteiger partial charge in [-0.1, -0.05) is 6.07 Å². The van der Waals surface area contributed by atoms with Gasteiger partial charge in [0.05, 0.1) is 21.4 Å². The molecule has 5 nitrogen and oxygen atoms in total. The fourth-order valence-electron chi connectivity index (χ4n) is 1.62. The van der Waals surface area contributed by atoms with Crippen LogP contribution >= 0.6 is 45.2 Å². The zero-order valence-electron chi connectivity index (χ0n) is 11.4. The fourth-order valence-corrected chi connectivity index (χ4v) is 4.46. The number of carbonyl (C=O) groups is 1. The first-order valence-electron chi connectivity index (χ1n) is 5.76. The second-order valence-corrected chi connectivity index (χ2v) is 8.24. The lowest BCUT2D eigenvalue weighted by Gasteiger charge is -2.37. The van der Waals surface area contributed by atoms with Crippen molar-refractivity contribution in [1.29, 1.82) is 0 Å². The molecule has 25 heavy (non-hydrogen) atoms. The first-order chi connectivity index (χ1) is 11.0. The Hall–Kier alpha value is -0.360. The monoisotopic (exact) mass is 617 g/mol. The van der Waals surface area contributed by atoms with Gasteiger partial charge < -0.3 is 9.29 Å². The highest BCUT2D eigenvalue weighted by molar-refractivity contribution is 14.1. The lowest BCUT2D eigenvalue weighted by molar-refractivity contribution is -0.356. The number of ether oxygens (including phenoxy) is 1. The van der Waals surface area contributed by atoms with Crippen LogP contribution in [0, 0.1) is 7.14 Å². The molecule has 1 aromatic carbocycles. The minimum absolute atomic E-state index is 0.0299. The van der Waals surface area contributed by atoms with Gasteiger partial charge in [-0.25, -0.2) is 13.2 Å². The van der Waals surface area contributed by atoms with Crippen molar-refractivity contribution in [3.05, 3.63) is 30.9 Å². The Balaban J connectivity index is 3.56. The Morgan fingerprint density at radius 2 is 1.44 bits per heavy atom. The molecular weight excluding hydrogens is 612 g/mol. The van der Waals surface area contributed by atoms with Crippen LogP contribution < -0.4 is 0 Å². The van der Waals surface area contributed by atoms with Gasteiger partial charge in [0.25, 0.3) is 0 Å². The first-order valence-corrected chi connectivity index (χ1v) is 9.50. The van der Waals surface area contributed by atoms with E-state index in [1.165, 1.54) is 63.4 Å². The van der Waals surface area contributed by atoms with Gasteiger partial charge in [-0.3, -0.25) is 0 Å². The number of rotatable bonds is 4. The van der Waals surface area contributed by atoms with Crippen molar-refractivity contribution in [2.24, 2.45) is 0 Å². The van der Waals surface area contributed by atoms with Crippen LogP contribution in [0.2, 0.25) is 0 Å². The molecule has 0 aromatic heterocycles. The van der Waals surface area contributed by atoms with Crippen LogP contribution in [0.5, 0.6) is 0 Å². The standard InChI is InChI=1S/C11H6F6I2O5S/c12-10(13,14)9(11(15,16)17,4-25(21,22)23)24-8(20)7-5(18)2-1-3-6(7)19/h1-3H,4H2,(H,21,22,23)/p-1. The molecule has 0 spiro atoms. The summed E-state index contributed by atoms with van der Waals surface area (Å²) >= 11 is 2.95. The van der Waals surface area contributed by atoms with Gasteiger partial charge in [-0.15, -0.1) is 0 Å². The lowest BCUT2D eigenvalue weighted by Crippen LogP contribution is -2.63. The van der Waals surface area contributed by atoms with Crippen molar-refractivity contribution in [3.8, 4) is 0 Å². The molecule has 1 aromatic rings. The molecule has 142 valence electrons. The van der Waals surface area contributed by atoms with E-state index < -0.39 is 45.4 Å². The van der Waals surface area contributed by atoms with E-state index in [2.05, 4.69) is 4.74 Å². The van der Waals surface area contributed by atoms with Gasteiger partial charge in [0.1, 0.15) is 0 Å². The minimum atomic E-state index is -6.40. The highest BCUT2D eigenvalue weighted by atomic mass is 127. The molecule has 0 bridgehead atoms. The largest absolute Gasteiger partial charge is 0.748 e. The fraction of sp³-hybridized carbons (Fsp3) is 0.364. The predicted molar refractivity (Wildman–Crippen MR) is 86.7 cm³/mol. The number of carbonyl (C=O) groups excluding carboxylic acids is 1. The van der Waals surface area contributed by atoms with E-state index >= 15 is 0 Å². The smallest absolute Gasteiger partial charge is 0.438 e. The zero-order chi connectivity index (χ0) is 19.8. The van der Waals surface area contributed by atoms with Crippen LogP contribution in [0.1, 0.15) is 10.4 Å². The van der Waals surface area contributed by atoms with Crippen LogP contribution in [-0.4, -0.2) is 42.6 Å². The summed E-state index contributed by atoms with van der Waals surface area (Å²) in [6.07, 6.45) is -12.8. The second kappa shape index (κ2) is 7.34. The Labute approximate surface area is 164 Å². The Kier molecular flexibility index (Phi) is 6.66. The third-order valence-corrected chi connectivity index (χ3v) is 5.29. The molecule has 0 radical (unpaired) electrons. The van der Waals surface area contributed by atoms with Crippen molar-refractivity contribution >= 4 is 61.3 Å². The number of benzene rings is 1. The van der Waals surface area contributed by atoms with Crippen molar-refractivity contribution in [2.45, 2.75) is 18.0 Å². The van der Waals surface area contributed by atoms with Crippen molar-refractivity contribution in [3.63, 3.8) is 0 Å². The summed E-state index contributed by atoms with van der Waals surface area (Å²) in [5.74, 6) is -5.09. The van der Waals surface area contributed by atoms with Crippen LogP contribution in [0.4, 0.5) is 26.3 Å². The van der Waals surface area contributed by atoms with Crippen LogP contribution in [-0.2, 0) is 14.9 Å². The summed E-state index contributed by atoms with van der Waals surface area (Å²) < 4.78 is 114. The predicted octanol–water partition coefficient (Wildman–Crippen LogP) is 3.46. The summed E-state index contributed by atoms with van der Waals surface area (Å²) in [7, 11) is -6.07. The third-order valence-electron chi connectivity index (χ3n) is 2.73. The van der Waals surface area contributed by atoms with E-state index in [0.29, 0.717) is 0 Å². The van der Waals surface area contributed by atoms with Gasteiger partial charge in [-0.05, 0) is 57.3 Å². The molecule has 0 amide bonds. The molecule has 0 aliphatic heterocycles. The topological polar surface area (TPSA) is 83.5 Å². The van der Waals surface area contributed by atoms with Gasteiger partial charge in [0, 0.05) is 7.14 Å². The van der Waals surface area contributed by atoms with Gasteiger partial charge >= 0.3 is 23.9 Å². The summed E-state index contributed by atoms with van der Waals surface area (Å²) in [5, 5.41) is 0. The zero-order valence-corrected chi connectivity index (χ0v) is 16.5. The Bertz CT molecular complexity index is 740. The summed E-state index contributed by atoms with van der Waals surface area (Å²) in [4.78, 5) is 12.0. The van der Waals surface area contributed by atoms with E-state index in [9.17, 15) is 44.1 Å². The highest BCUT2D eigenvalue weighted by Crippen LogP contribution is 2.47. The van der Waals surface area contributed by atoms with E-state index in [-0.39, 0.29) is 7.14 Å². The molecule has 0 N–H and O–H groups in total. The molecule has 14 heteroatoms. The van der Waals surface area contributed by atoms with E-state index in [4.69, 9.17) is 0 Å². The maximum absolute atomic E-state index is 13.1. The molecule has 0 fully saturated rings. The van der Waals surface area contributed by atoms with E-state index in [1.54, 1.807) is 0 Å². The molecule has 0 aliphatic rings. The van der Waals surface area contributed by atoms with Gasteiger partial charge in [0.15, 0.2) is 0 Å². The molecule has 0 aliphatic carbocycles. The lowest BCUT2D eigenvalue weighted by atomic mass is 10.1. The molecule has 0 atom stereocenters. The number of hydrogen-bond donors (Lipinski definition) is 0. The number of halogens is 8. The van der Waals surface area contributed by atoms with Crippen molar-refractivity contribution in [1.82, 2.24) is 0 Å². The number of alkyl halides is 6. The summed E-state index contributed by atoms with van der Waals surface area (Å²) in [6.45, 7) is 0. The summed E-state index contributed by atoms with van der Waals surface area (Å²) in [6, 6.07) is 3.81. The molecule has 1 rings (SSSR count). The van der Waals surface area contributed by atoms with Gasteiger partial charge in [0.2, 0.25) is 0 Å². The SMILES string of the molecule is O=C(OC(CS(=O)(=O)[O-])(C(F)(F)F)C(F)(F)F)c1c(I)cccc1I. The van der Waals surface area contributed by atoms with Gasteiger partial charge in [-0.2, -0.15) is 26.3 Å². The number of esters is 1. The van der Waals surface area contributed by atoms with Crippen molar-refractivity contribution in [2.75, 3.05) is 5.75 Å². The Morgan fingerprint density at radius 3 is 1.76 bits per heavy atom. The normalized spacial score (nSPS) is 13.6. The van der Waals surface area contributed by atoms with Crippen LogP contribution in [0.3, 0.4) is 0 Å². The molecule has 0 heterocycles. The molecular formula is C11H5F6I2O5S-. The first kappa shape index (κ1) is 22.7. The summed E-state index contributed by atoms with van der Waals surface area (Å²) in [5.41, 5.74) is -6.11. The average Bonchev–Trinajstić information content (AvgIpc) is 2.33. The highest BCUT2D eigenvalue weighted by Gasteiger charge is 2.75. The van der Waals surface area contributed by atoms with Crippen molar-refractivity contribution < 1.29 is 48.8 Å².